The highest BCUT2D eigenvalue weighted by atomic mass is 32.1. The highest BCUT2D eigenvalue weighted by molar-refractivity contribution is 7.15. The molecule has 9 heteroatoms. The van der Waals surface area contributed by atoms with Gasteiger partial charge in [0, 0.05) is 48.0 Å². The summed E-state index contributed by atoms with van der Waals surface area (Å²) in [5, 5.41) is 27.9. The van der Waals surface area contributed by atoms with Gasteiger partial charge >= 0.3 is 0 Å². The molecule has 2 aliphatic rings. The lowest BCUT2D eigenvalue weighted by Gasteiger charge is -2.58. The molecule has 0 radical (unpaired) electrons. The van der Waals surface area contributed by atoms with Gasteiger partial charge in [-0.1, -0.05) is 39.7 Å². The van der Waals surface area contributed by atoms with Crippen molar-refractivity contribution in [1.82, 2.24) is 15.3 Å². The topological polar surface area (TPSA) is 124 Å². The second kappa shape index (κ2) is 11.6. The Labute approximate surface area is 223 Å². The number of hydrogen-bond donors (Lipinski definition) is 4. The second-order valence-corrected chi connectivity index (χ2v) is 12.3. The first-order chi connectivity index (χ1) is 17.7. The number of nitrogens with one attached hydrogen (secondary N) is 2. The van der Waals surface area contributed by atoms with Gasteiger partial charge in [0.25, 0.3) is 0 Å². The summed E-state index contributed by atoms with van der Waals surface area (Å²) in [5.74, 6) is -0.317. The van der Waals surface area contributed by atoms with Gasteiger partial charge in [-0.05, 0) is 48.6 Å². The number of aliphatic hydroxyl groups excluding tert-OH is 2. The summed E-state index contributed by atoms with van der Waals surface area (Å²) in [6.45, 7) is 6.53. The minimum absolute atomic E-state index is 0.0223. The van der Waals surface area contributed by atoms with Crippen molar-refractivity contribution >= 4 is 28.3 Å². The van der Waals surface area contributed by atoms with Gasteiger partial charge in [0.15, 0.2) is 5.13 Å². The number of thiazole rings is 1. The minimum Gasteiger partial charge on any atom is -0.396 e. The van der Waals surface area contributed by atoms with Gasteiger partial charge in [0.05, 0.1) is 18.4 Å². The lowest BCUT2D eigenvalue weighted by molar-refractivity contribution is -0.144. The van der Waals surface area contributed by atoms with E-state index in [0.29, 0.717) is 30.9 Å². The van der Waals surface area contributed by atoms with Crippen LogP contribution in [0.4, 0.5) is 5.13 Å². The van der Waals surface area contributed by atoms with Gasteiger partial charge in [-0.3, -0.25) is 14.6 Å². The third-order valence-electron chi connectivity index (χ3n) is 8.75. The van der Waals surface area contributed by atoms with Crippen LogP contribution in [-0.2, 0) is 22.6 Å². The highest BCUT2D eigenvalue weighted by Crippen LogP contribution is 2.62. The monoisotopic (exact) mass is 528 g/mol. The number of nitrogens with zero attached hydrogens (tertiary/aromatic N) is 2. The molecule has 5 atom stereocenters. The number of carbonyl (C=O) groups excluding carboxylic acids is 2. The molecule has 0 aliphatic heterocycles. The van der Waals surface area contributed by atoms with Crippen LogP contribution < -0.4 is 10.6 Å². The fraction of sp³-hybridized carbons (Fsp3) is 0.643. The Balaban J connectivity index is 1.60. The van der Waals surface area contributed by atoms with Crippen LogP contribution in [0.1, 0.15) is 87.8 Å². The molecule has 2 heterocycles. The molecule has 37 heavy (non-hydrogen) atoms. The van der Waals surface area contributed by atoms with Crippen molar-refractivity contribution in [3.63, 3.8) is 0 Å². The van der Waals surface area contributed by atoms with Crippen molar-refractivity contribution in [3.8, 4) is 0 Å². The zero-order valence-electron chi connectivity index (χ0n) is 22.1. The van der Waals surface area contributed by atoms with Crippen LogP contribution in [0, 0.1) is 16.7 Å². The lowest BCUT2D eigenvalue weighted by Crippen LogP contribution is -2.57. The van der Waals surface area contributed by atoms with E-state index in [0.717, 1.165) is 41.8 Å². The first kappa shape index (κ1) is 27.7. The maximum absolute atomic E-state index is 13.2. The normalized spacial score (nSPS) is 28.7. The molecule has 1 saturated carbocycles. The number of aromatic nitrogens is 2. The van der Waals surface area contributed by atoms with Crippen molar-refractivity contribution in [1.29, 1.82) is 0 Å². The zero-order valence-corrected chi connectivity index (χ0v) is 22.9. The smallest absolute Gasteiger partial charge is 0.226 e. The molecule has 0 aromatic carbocycles. The second-order valence-electron chi connectivity index (χ2n) is 11.2. The number of fused-ring (bicyclic) bond motifs is 2. The predicted octanol–water partition coefficient (Wildman–Crippen LogP) is 4.18. The Morgan fingerprint density at radius 2 is 2.05 bits per heavy atom. The summed E-state index contributed by atoms with van der Waals surface area (Å²) in [7, 11) is 0. The maximum atomic E-state index is 13.2. The van der Waals surface area contributed by atoms with Crippen LogP contribution in [0.2, 0.25) is 0 Å². The fourth-order valence-electron chi connectivity index (χ4n) is 6.38. The molecule has 2 aromatic rings. The molecular weight excluding hydrogens is 488 g/mol. The van der Waals surface area contributed by atoms with Gasteiger partial charge < -0.3 is 20.8 Å². The summed E-state index contributed by atoms with van der Waals surface area (Å²) in [4.78, 5) is 35.7. The number of amides is 2. The van der Waals surface area contributed by atoms with E-state index in [9.17, 15) is 19.8 Å². The number of pyridine rings is 1. The van der Waals surface area contributed by atoms with E-state index < -0.39 is 11.5 Å². The van der Waals surface area contributed by atoms with E-state index in [2.05, 4.69) is 29.5 Å². The fourth-order valence-corrected chi connectivity index (χ4v) is 7.46. The Hall–Kier alpha value is -2.36. The van der Waals surface area contributed by atoms with E-state index >= 15 is 0 Å². The average molecular weight is 529 g/mol. The first-order valence-corrected chi connectivity index (χ1v) is 14.3. The van der Waals surface area contributed by atoms with Gasteiger partial charge in [0.2, 0.25) is 11.8 Å². The van der Waals surface area contributed by atoms with Crippen molar-refractivity contribution in [2.45, 2.75) is 90.7 Å². The summed E-state index contributed by atoms with van der Waals surface area (Å²) in [5.41, 5.74) is 0.801. The van der Waals surface area contributed by atoms with Crippen LogP contribution in [0.3, 0.4) is 0 Å². The third kappa shape index (κ3) is 5.73. The van der Waals surface area contributed by atoms with Crippen molar-refractivity contribution in [2.24, 2.45) is 16.7 Å². The molecule has 0 saturated heterocycles. The van der Waals surface area contributed by atoms with Gasteiger partial charge in [-0.2, -0.15) is 0 Å². The van der Waals surface area contributed by atoms with E-state index in [-0.39, 0.29) is 42.1 Å². The van der Waals surface area contributed by atoms with Crippen LogP contribution >= 0.6 is 11.3 Å². The molecule has 4 N–H and O–H groups in total. The average Bonchev–Trinajstić information content (AvgIpc) is 3.29. The van der Waals surface area contributed by atoms with Crippen LogP contribution in [0.15, 0.2) is 24.5 Å². The standard InChI is InChI=1S/C28H40N4O4S/c1-4-5-6-9-23(35)31-26-32-25-19(13-24(36)30-16-18-8-7-12-29-15-18)27(2)11-10-22(34)28(3,17-33)21(27)14-20(25)37-26/h7-8,12,15,19,21-22,33-34H,4-6,9-11,13-14,16-17H2,1-3H3,(H,30,36)(H,31,32,35). The Kier molecular flexibility index (Phi) is 8.66. The Morgan fingerprint density at radius 1 is 1.24 bits per heavy atom. The van der Waals surface area contributed by atoms with Crippen molar-refractivity contribution in [3.05, 3.63) is 40.7 Å². The van der Waals surface area contributed by atoms with E-state index in [1.165, 1.54) is 11.3 Å². The Bertz CT molecular complexity index is 1090. The molecule has 2 aliphatic carbocycles. The number of carbonyl (C=O) groups is 2. The van der Waals surface area contributed by atoms with Crippen LogP contribution in [-0.4, -0.2) is 44.7 Å². The maximum Gasteiger partial charge on any atom is 0.226 e. The lowest BCUT2D eigenvalue weighted by atomic mass is 9.47. The molecule has 202 valence electrons. The predicted molar refractivity (Wildman–Crippen MR) is 144 cm³/mol. The van der Waals surface area contributed by atoms with Gasteiger partial charge in [0.1, 0.15) is 0 Å². The van der Waals surface area contributed by atoms with Crippen LogP contribution in [0.25, 0.3) is 0 Å². The van der Waals surface area contributed by atoms with Crippen molar-refractivity contribution in [2.75, 3.05) is 11.9 Å². The first-order valence-electron chi connectivity index (χ1n) is 13.4. The quantitative estimate of drug-likeness (QED) is 0.343. The highest BCUT2D eigenvalue weighted by Gasteiger charge is 2.59. The number of aliphatic hydroxyl groups is 2. The molecule has 8 nitrogen and oxygen atoms in total. The SMILES string of the molecule is CCCCCC(=O)Nc1nc2c(s1)CC1C(C)(CO)C(O)CCC1(C)C2CC(=O)NCc1cccnc1. The molecule has 5 unspecified atom stereocenters. The molecule has 0 bridgehead atoms. The Morgan fingerprint density at radius 3 is 2.76 bits per heavy atom. The summed E-state index contributed by atoms with van der Waals surface area (Å²) >= 11 is 1.46. The minimum atomic E-state index is -0.678. The van der Waals surface area contributed by atoms with Gasteiger partial charge in [-0.25, -0.2) is 4.98 Å². The van der Waals surface area contributed by atoms with Gasteiger partial charge in [-0.15, -0.1) is 11.3 Å². The van der Waals surface area contributed by atoms with Crippen LogP contribution in [0.5, 0.6) is 0 Å². The molecule has 4 rings (SSSR count). The number of unbranched alkanes of at least 4 members (excludes halogenated alkanes) is 2. The van der Waals surface area contributed by atoms with Crippen molar-refractivity contribution < 1.29 is 19.8 Å². The number of anilines is 1. The number of rotatable bonds is 10. The molecule has 1 fully saturated rings. The zero-order chi connectivity index (χ0) is 26.6. The summed E-state index contributed by atoms with van der Waals surface area (Å²) in [6.07, 6.45) is 8.44. The number of hydrogen-bond acceptors (Lipinski definition) is 7. The molecule has 0 spiro atoms. The van der Waals surface area contributed by atoms with E-state index in [4.69, 9.17) is 4.98 Å². The summed E-state index contributed by atoms with van der Waals surface area (Å²) in [6, 6.07) is 3.77. The molecule has 2 aromatic heterocycles. The molecular formula is C28H40N4O4S. The summed E-state index contributed by atoms with van der Waals surface area (Å²) < 4.78 is 0. The van der Waals surface area contributed by atoms with E-state index in [1.807, 2.05) is 19.1 Å². The van der Waals surface area contributed by atoms with E-state index in [1.54, 1.807) is 12.4 Å². The third-order valence-corrected chi connectivity index (χ3v) is 9.76. The molecule has 2 amide bonds. The largest absolute Gasteiger partial charge is 0.396 e.